The molecule has 0 aliphatic carbocycles. The molecule has 2 aromatic heterocycles. The monoisotopic (exact) mass is 409 g/mol. The zero-order valence-electron chi connectivity index (χ0n) is 14.5. The first-order chi connectivity index (χ1) is 13.5. The Labute approximate surface area is 161 Å². The van der Waals surface area contributed by atoms with Crippen LogP contribution in [0.4, 0.5) is 13.2 Å². The number of rotatable bonds is 4. The molecule has 1 aliphatic heterocycles. The van der Waals surface area contributed by atoms with Crippen molar-refractivity contribution in [2.75, 3.05) is 13.7 Å². The fraction of sp³-hybridized carbons (Fsp3) is 0.294. The van der Waals surface area contributed by atoms with Gasteiger partial charge >= 0.3 is 0 Å². The second-order valence-electron chi connectivity index (χ2n) is 5.91. The minimum Gasteiger partial charge on any atom is -0.492 e. The maximum Gasteiger partial charge on any atom is 0.289 e. The number of hydrogen-bond acceptors (Lipinski definition) is 6. The summed E-state index contributed by atoms with van der Waals surface area (Å²) in [6.07, 6.45) is -4.29. The third-order valence-electron chi connectivity index (χ3n) is 4.22. The third-order valence-corrected chi connectivity index (χ3v) is 5.33. The fourth-order valence-corrected chi connectivity index (χ4v) is 3.94. The first kappa shape index (κ1) is 18.4. The molecule has 0 saturated heterocycles. The van der Waals surface area contributed by atoms with Crippen molar-refractivity contribution in [1.82, 2.24) is 25.1 Å². The molecule has 0 bridgehead atoms. The van der Waals surface area contributed by atoms with Crippen LogP contribution in [0.5, 0.6) is 5.75 Å². The number of amides is 1. The number of carbonyl (C=O) groups is 1. The van der Waals surface area contributed by atoms with E-state index in [1.54, 1.807) is 18.2 Å². The van der Waals surface area contributed by atoms with Gasteiger partial charge in [-0.25, -0.2) is 27.8 Å². The van der Waals surface area contributed by atoms with Crippen LogP contribution < -0.4 is 10.1 Å². The highest BCUT2D eigenvalue weighted by atomic mass is 32.1. The van der Waals surface area contributed by atoms with Crippen LogP contribution in [0.3, 0.4) is 0 Å². The van der Waals surface area contributed by atoms with Crippen LogP contribution in [0.2, 0.25) is 0 Å². The van der Waals surface area contributed by atoms with Gasteiger partial charge in [-0.1, -0.05) is 0 Å². The molecule has 1 amide bonds. The highest BCUT2D eigenvalue weighted by Gasteiger charge is 2.28. The average Bonchev–Trinajstić information content (AvgIpc) is 3.30. The van der Waals surface area contributed by atoms with Crippen LogP contribution in [-0.2, 0) is 6.42 Å². The van der Waals surface area contributed by atoms with Crippen molar-refractivity contribution in [3.05, 3.63) is 35.0 Å². The second-order valence-corrected chi connectivity index (χ2v) is 7.00. The first-order valence-corrected chi connectivity index (χ1v) is 9.12. The number of aromatic nitrogens is 4. The number of thiazole rings is 1. The first-order valence-electron chi connectivity index (χ1n) is 8.30. The molecule has 3 aromatic rings. The molecule has 0 saturated carbocycles. The molecule has 0 radical (unpaired) electrons. The lowest BCUT2D eigenvalue weighted by atomic mass is 10.1. The Hall–Kier alpha value is -2.95. The van der Waals surface area contributed by atoms with E-state index in [2.05, 4.69) is 20.4 Å². The lowest BCUT2D eigenvalue weighted by molar-refractivity contribution is 0.00166. The van der Waals surface area contributed by atoms with Gasteiger partial charge in [-0.2, -0.15) is 5.10 Å². The van der Waals surface area contributed by atoms with Crippen LogP contribution in [0.1, 0.15) is 21.5 Å². The van der Waals surface area contributed by atoms with Crippen LogP contribution in [0.25, 0.3) is 22.1 Å². The van der Waals surface area contributed by atoms with Gasteiger partial charge in [0.2, 0.25) is 0 Å². The van der Waals surface area contributed by atoms with E-state index in [1.165, 1.54) is 18.4 Å². The smallest absolute Gasteiger partial charge is 0.289 e. The summed E-state index contributed by atoms with van der Waals surface area (Å²) in [5.41, 5.74) is 1.70. The number of benzene rings is 1. The minimum absolute atomic E-state index is 0.0599. The van der Waals surface area contributed by atoms with E-state index >= 15 is 0 Å². The molecular weight excluding hydrogens is 395 g/mol. The van der Waals surface area contributed by atoms with E-state index in [-0.39, 0.29) is 16.7 Å². The lowest BCUT2D eigenvalue weighted by Gasteiger charge is -2.09. The van der Waals surface area contributed by atoms with Gasteiger partial charge in [-0.15, -0.1) is 11.3 Å². The van der Waals surface area contributed by atoms with Crippen molar-refractivity contribution in [2.24, 2.45) is 0 Å². The molecular formula is C17H14F3N5O2S. The number of halogens is 3. The Morgan fingerprint density at radius 1 is 1.36 bits per heavy atom. The molecule has 1 aliphatic rings. The lowest BCUT2D eigenvalue weighted by Crippen LogP contribution is -2.17. The Kier molecular flexibility index (Phi) is 4.75. The topological polar surface area (TPSA) is 81.9 Å². The third kappa shape index (κ3) is 3.11. The molecule has 0 fully saturated rings. The summed E-state index contributed by atoms with van der Waals surface area (Å²) in [4.78, 5) is 21.1. The summed E-state index contributed by atoms with van der Waals surface area (Å²) in [5, 5.41) is 6.41. The van der Waals surface area contributed by atoms with Gasteiger partial charge < -0.3 is 10.1 Å². The maximum atomic E-state index is 13.8. The number of alkyl halides is 3. The Balaban J connectivity index is 1.78. The van der Waals surface area contributed by atoms with Crippen molar-refractivity contribution >= 4 is 17.2 Å². The Morgan fingerprint density at radius 3 is 2.93 bits per heavy atom. The van der Waals surface area contributed by atoms with Crippen molar-refractivity contribution in [1.29, 1.82) is 0 Å². The quantitative estimate of drug-likeness (QED) is 0.716. The van der Waals surface area contributed by atoms with Crippen molar-refractivity contribution in [2.45, 2.75) is 19.1 Å². The van der Waals surface area contributed by atoms with E-state index in [1.807, 2.05) is 0 Å². The Bertz CT molecular complexity index is 1040. The largest absolute Gasteiger partial charge is 0.492 e. The summed E-state index contributed by atoms with van der Waals surface area (Å²) >= 11 is 1.22. The molecule has 1 unspecified atom stereocenters. The highest BCUT2D eigenvalue weighted by Crippen LogP contribution is 2.40. The van der Waals surface area contributed by atoms with E-state index in [0.717, 1.165) is 11.2 Å². The van der Waals surface area contributed by atoms with E-state index in [0.29, 0.717) is 40.3 Å². The van der Waals surface area contributed by atoms with Crippen molar-refractivity contribution in [3.8, 4) is 27.8 Å². The maximum absolute atomic E-state index is 13.8. The SMILES string of the molecule is CNC(=O)c1ccc2c(c1)OCCc1sc(-c3ncnn3C(F)C(F)F)nc1-2. The van der Waals surface area contributed by atoms with Gasteiger partial charge in [-0.05, 0) is 18.2 Å². The number of nitrogens with zero attached hydrogens (tertiary/aromatic N) is 4. The number of hydrogen-bond donors (Lipinski definition) is 1. The molecule has 4 rings (SSSR count). The van der Waals surface area contributed by atoms with Gasteiger partial charge in [0, 0.05) is 29.5 Å². The van der Waals surface area contributed by atoms with Gasteiger partial charge in [0.05, 0.1) is 12.3 Å². The number of fused-ring (bicyclic) bond motifs is 3. The summed E-state index contributed by atoms with van der Waals surface area (Å²) in [7, 11) is 1.54. The summed E-state index contributed by atoms with van der Waals surface area (Å²) in [5.74, 6) is 0.188. The molecule has 11 heteroatoms. The van der Waals surface area contributed by atoms with E-state index < -0.39 is 12.7 Å². The van der Waals surface area contributed by atoms with Crippen LogP contribution >= 0.6 is 11.3 Å². The normalized spacial score (nSPS) is 14.0. The second kappa shape index (κ2) is 7.23. The summed E-state index contributed by atoms with van der Waals surface area (Å²) in [6, 6.07) is 4.99. The van der Waals surface area contributed by atoms with E-state index in [4.69, 9.17) is 4.74 Å². The zero-order chi connectivity index (χ0) is 19.8. The molecule has 1 atom stereocenters. The van der Waals surface area contributed by atoms with Crippen molar-refractivity contribution in [3.63, 3.8) is 0 Å². The van der Waals surface area contributed by atoms with E-state index in [9.17, 15) is 18.0 Å². The van der Waals surface area contributed by atoms with Gasteiger partial charge in [0.1, 0.15) is 12.1 Å². The molecule has 1 N–H and O–H groups in total. The predicted molar refractivity (Wildman–Crippen MR) is 95.3 cm³/mol. The van der Waals surface area contributed by atoms with Gasteiger partial charge in [-0.3, -0.25) is 4.79 Å². The summed E-state index contributed by atoms with van der Waals surface area (Å²) in [6.45, 7) is 0.355. The minimum atomic E-state index is -3.23. The average molecular weight is 409 g/mol. The molecule has 1 aromatic carbocycles. The standard InChI is InChI=1S/C17H14F3N5O2S/c1-21-16(26)8-2-3-9-10(6-8)27-5-4-11-12(9)24-17(28-11)15-22-7-23-25(15)14(20)13(18)19/h2-3,6-7,13-14H,4-5H2,1H3,(H,21,26). The van der Waals surface area contributed by atoms with Crippen LogP contribution in [-0.4, -0.2) is 45.7 Å². The summed E-state index contributed by atoms with van der Waals surface area (Å²) < 4.78 is 45.6. The zero-order valence-corrected chi connectivity index (χ0v) is 15.3. The molecule has 3 heterocycles. The van der Waals surface area contributed by atoms with Gasteiger partial charge in [0.15, 0.2) is 10.8 Å². The molecule has 28 heavy (non-hydrogen) atoms. The number of carbonyl (C=O) groups excluding carboxylic acids is 1. The Morgan fingerprint density at radius 2 is 2.18 bits per heavy atom. The molecule has 146 valence electrons. The highest BCUT2D eigenvalue weighted by molar-refractivity contribution is 7.15. The molecule has 0 spiro atoms. The van der Waals surface area contributed by atoms with Crippen molar-refractivity contribution < 1.29 is 22.7 Å². The number of nitrogens with one attached hydrogen (secondary N) is 1. The van der Waals surface area contributed by atoms with Gasteiger partial charge in [0.25, 0.3) is 18.6 Å². The van der Waals surface area contributed by atoms with Crippen LogP contribution in [0.15, 0.2) is 24.5 Å². The molecule has 7 nitrogen and oxygen atoms in total. The number of ether oxygens (including phenoxy) is 1. The van der Waals surface area contributed by atoms with Crippen LogP contribution in [0, 0.1) is 0 Å². The fourth-order valence-electron chi connectivity index (χ4n) is 2.89. The predicted octanol–water partition coefficient (Wildman–Crippen LogP) is 3.10.